The SMILES string of the molecule is CC(C(=O)N1CCCC(O)c2ccccc21)C1CC1. The van der Waals surface area contributed by atoms with Gasteiger partial charge in [0, 0.05) is 23.7 Å². The molecule has 1 saturated carbocycles. The van der Waals surface area contributed by atoms with E-state index < -0.39 is 6.10 Å². The van der Waals surface area contributed by atoms with Gasteiger partial charge in [-0.3, -0.25) is 4.79 Å². The summed E-state index contributed by atoms with van der Waals surface area (Å²) < 4.78 is 0. The number of carbonyl (C=O) groups excluding carboxylic acids is 1. The van der Waals surface area contributed by atoms with Crippen LogP contribution in [0.1, 0.15) is 44.3 Å². The lowest BCUT2D eigenvalue weighted by atomic mass is 10.0. The lowest BCUT2D eigenvalue weighted by Crippen LogP contribution is -2.36. The molecule has 1 aliphatic carbocycles. The minimum absolute atomic E-state index is 0.114. The standard InChI is InChI=1S/C16H21NO2/c1-11(12-8-9-12)16(19)17-10-4-7-15(18)13-5-2-3-6-14(13)17/h2-3,5-6,11-12,15,18H,4,7-10H2,1H3. The third-order valence-corrected chi connectivity index (χ3v) is 4.43. The Bertz CT molecular complexity index is 481. The fraction of sp³-hybridized carbons (Fsp3) is 0.562. The van der Waals surface area contributed by atoms with E-state index in [9.17, 15) is 9.90 Å². The van der Waals surface area contributed by atoms with E-state index in [0.29, 0.717) is 5.92 Å². The Morgan fingerprint density at radius 1 is 1.32 bits per heavy atom. The van der Waals surface area contributed by atoms with Crippen LogP contribution in [-0.4, -0.2) is 17.6 Å². The number of fused-ring (bicyclic) bond motifs is 1. The number of para-hydroxylation sites is 1. The van der Waals surface area contributed by atoms with Crippen LogP contribution in [0, 0.1) is 11.8 Å². The monoisotopic (exact) mass is 259 g/mol. The van der Waals surface area contributed by atoms with Crippen LogP contribution >= 0.6 is 0 Å². The summed E-state index contributed by atoms with van der Waals surface area (Å²) in [6.07, 6.45) is 3.53. The molecule has 1 aromatic carbocycles. The van der Waals surface area contributed by atoms with Gasteiger partial charge in [0.2, 0.25) is 5.91 Å². The third kappa shape index (κ3) is 2.39. The zero-order valence-corrected chi connectivity index (χ0v) is 11.4. The normalized spacial score (nSPS) is 24.5. The Labute approximate surface area is 114 Å². The van der Waals surface area contributed by atoms with Crippen molar-refractivity contribution in [3.63, 3.8) is 0 Å². The average Bonchev–Trinajstić information content (AvgIpc) is 3.26. The highest BCUT2D eigenvalue weighted by Gasteiger charge is 2.36. The lowest BCUT2D eigenvalue weighted by Gasteiger charge is -2.26. The predicted octanol–water partition coefficient (Wildman–Crippen LogP) is 2.89. The number of aliphatic hydroxyl groups is 1. The molecule has 3 heteroatoms. The van der Waals surface area contributed by atoms with Crippen molar-refractivity contribution >= 4 is 11.6 Å². The molecule has 2 atom stereocenters. The quantitative estimate of drug-likeness (QED) is 0.887. The number of benzene rings is 1. The van der Waals surface area contributed by atoms with Gasteiger partial charge >= 0.3 is 0 Å². The molecule has 2 aliphatic rings. The summed E-state index contributed by atoms with van der Waals surface area (Å²) in [6, 6.07) is 7.77. The molecule has 19 heavy (non-hydrogen) atoms. The molecule has 102 valence electrons. The molecule has 3 nitrogen and oxygen atoms in total. The topological polar surface area (TPSA) is 40.5 Å². The number of hydrogen-bond acceptors (Lipinski definition) is 2. The highest BCUT2D eigenvalue weighted by atomic mass is 16.3. The number of amides is 1. The van der Waals surface area contributed by atoms with Crippen molar-refractivity contribution in [3.8, 4) is 0 Å². The van der Waals surface area contributed by atoms with Crippen molar-refractivity contribution < 1.29 is 9.90 Å². The minimum atomic E-state index is -0.440. The second-order valence-electron chi connectivity index (χ2n) is 5.83. The smallest absolute Gasteiger partial charge is 0.230 e. The first-order valence-electron chi connectivity index (χ1n) is 7.27. The Hall–Kier alpha value is -1.35. The fourth-order valence-electron chi connectivity index (χ4n) is 3.01. The predicted molar refractivity (Wildman–Crippen MR) is 74.9 cm³/mol. The van der Waals surface area contributed by atoms with Crippen LogP contribution in [0.3, 0.4) is 0 Å². The van der Waals surface area contributed by atoms with Crippen LogP contribution in [0.4, 0.5) is 5.69 Å². The second-order valence-corrected chi connectivity index (χ2v) is 5.83. The van der Waals surface area contributed by atoms with E-state index in [4.69, 9.17) is 0 Å². The first-order valence-corrected chi connectivity index (χ1v) is 7.27. The van der Waals surface area contributed by atoms with E-state index in [2.05, 4.69) is 0 Å². The van der Waals surface area contributed by atoms with Crippen molar-refractivity contribution in [2.75, 3.05) is 11.4 Å². The van der Waals surface area contributed by atoms with Crippen molar-refractivity contribution in [2.45, 2.75) is 38.7 Å². The highest BCUT2D eigenvalue weighted by molar-refractivity contribution is 5.96. The zero-order chi connectivity index (χ0) is 13.4. The molecule has 3 rings (SSSR count). The maximum Gasteiger partial charge on any atom is 0.230 e. The van der Waals surface area contributed by atoms with Crippen LogP contribution in [0.2, 0.25) is 0 Å². The van der Waals surface area contributed by atoms with Gasteiger partial charge in [-0.25, -0.2) is 0 Å². The Morgan fingerprint density at radius 2 is 2.05 bits per heavy atom. The molecule has 0 bridgehead atoms. The van der Waals surface area contributed by atoms with E-state index in [0.717, 1.165) is 30.6 Å². The van der Waals surface area contributed by atoms with Gasteiger partial charge in [0.05, 0.1) is 6.10 Å². The number of anilines is 1. The molecule has 0 saturated heterocycles. The van der Waals surface area contributed by atoms with Gasteiger partial charge in [-0.05, 0) is 37.7 Å². The summed E-state index contributed by atoms with van der Waals surface area (Å²) >= 11 is 0. The average molecular weight is 259 g/mol. The molecule has 1 N–H and O–H groups in total. The van der Waals surface area contributed by atoms with E-state index in [1.54, 1.807) is 0 Å². The third-order valence-electron chi connectivity index (χ3n) is 4.43. The maximum absolute atomic E-state index is 12.6. The van der Waals surface area contributed by atoms with Gasteiger partial charge in [0.25, 0.3) is 0 Å². The summed E-state index contributed by atoms with van der Waals surface area (Å²) in [4.78, 5) is 14.5. The van der Waals surface area contributed by atoms with Crippen LogP contribution in [0.25, 0.3) is 0 Å². The molecular formula is C16H21NO2. The molecule has 0 aromatic heterocycles. The summed E-state index contributed by atoms with van der Waals surface area (Å²) in [5.41, 5.74) is 1.81. The molecule has 1 aliphatic heterocycles. The van der Waals surface area contributed by atoms with Gasteiger partial charge in [-0.2, -0.15) is 0 Å². The molecule has 1 amide bonds. The fourth-order valence-corrected chi connectivity index (χ4v) is 3.01. The summed E-state index contributed by atoms with van der Waals surface area (Å²) in [5, 5.41) is 10.2. The Morgan fingerprint density at radius 3 is 2.79 bits per heavy atom. The number of aliphatic hydroxyl groups excluding tert-OH is 1. The van der Waals surface area contributed by atoms with Crippen LogP contribution in [0.5, 0.6) is 0 Å². The van der Waals surface area contributed by atoms with Crippen molar-refractivity contribution in [1.29, 1.82) is 0 Å². The second kappa shape index (κ2) is 4.97. The Kier molecular flexibility index (Phi) is 3.31. The van der Waals surface area contributed by atoms with Gasteiger partial charge < -0.3 is 10.0 Å². The zero-order valence-electron chi connectivity index (χ0n) is 11.4. The molecule has 1 aromatic rings. The lowest BCUT2D eigenvalue weighted by molar-refractivity contribution is -0.122. The molecule has 0 spiro atoms. The molecule has 1 fully saturated rings. The van der Waals surface area contributed by atoms with Crippen molar-refractivity contribution in [1.82, 2.24) is 0 Å². The van der Waals surface area contributed by atoms with Gasteiger partial charge in [0.1, 0.15) is 0 Å². The summed E-state index contributed by atoms with van der Waals surface area (Å²) in [5.74, 6) is 0.917. The van der Waals surface area contributed by atoms with E-state index in [-0.39, 0.29) is 11.8 Å². The van der Waals surface area contributed by atoms with Gasteiger partial charge in [0.15, 0.2) is 0 Å². The van der Waals surface area contributed by atoms with Gasteiger partial charge in [-0.1, -0.05) is 25.1 Å². The molecule has 2 unspecified atom stereocenters. The highest BCUT2D eigenvalue weighted by Crippen LogP contribution is 2.40. The van der Waals surface area contributed by atoms with Crippen molar-refractivity contribution in [2.24, 2.45) is 11.8 Å². The van der Waals surface area contributed by atoms with Crippen LogP contribution < -0.4 is 4.90 Å². The Balaban J connectivity index is 1.92. The number of nitrogens with zero attached hydrogens (tertiary/aromatic N) is 1. The maximum atomic E-state index is 12.6. The van der Waals surface area contributed by atoms with E-state index in [1.165, 1.54) is 12.8 Å². The van der Waals surface area contributed by atoms with E-state index in [1.807, 2.05) is 36.1 Å². The molecular weight excluding hydrogens is 238 g/mol. The number of hydrogen-bond donors (Lipinski definition) is 1. The van der Waals surface area contributed by atoms with Gasteiger partial charge in [-0.15, -0.1) is 0 Å². The molecule has 1 heterocycles. The van der Waals surface area contributed by atoms with E-state index >= 15 is 0 Å². The number of rotatable bonds is 2. The molecule has 0 radical (unpaired) electrons. The van der Waals surface area contributed by atoms with Crippen LogP contribution in [-0.2, 0) is 4.79 Å². The minimum Gasteiger partial charge on any atom is -0.388 e. The van der Waals surface area contributed by atoms with Crippen molar-refractivity contribution in [3.05, 3.63) is 29.8 Å². The first kappa shape index (κ1) is 12.7. The summed E-state index contributed by atoms with van der Waals surface area (Å²) in [6.45, 7) is 2.77. The number of carbonyl (C=O) groups is 1. The largest absolute Gasteiger partial charge is 0.388 e. The first-order chi connectivity index (χ1) is 9.18. The van der Waals surface area contributed by atoms with Crippen LogP contribution in [0.15, 0.2) is 24.3 Å². The summed E-state index contributed by atoms with van der Waals surface area (Å²) in [7, 11) is 0.